The SMILES string of the molecule is CC(C)n1nccc1C(C)(CN)CNC(=O)OC(C)(C)C. The minimum absolute atomic E-state index is 0.238. The quantitative estimate of drug-likeness (QED) is 0.872. The van der Waals surface area contributed by atoms with E-state index in [2.05, 4.69) is 24.3 Å². The first-order valence-corrected chi connectivity index (χ1v) is 7.30. The Balaban J connectivity index is 2.81. The molecule has 3 N–H and O–H groups in total. The lowest BCUT2D eigenvalue weighted by Crippen LogP contribution is -2.46. The highest BCUT2D eigenvalue weighted by molar-refractivity contribution is 5.67. The summed E-state index contributed by atoms with van der Waals surface area (Å²) in [5, 5.41) is 7.14. The maximum Gasteiger partial charge on any atom is 0.407 e. The summed E-state index contributed by atoms with van der Waals surface area (Å²) in [4.78, 5) is 11.8. The second-order valence-corrected chi connectivity index (χ2v) is 6.87. The Bertz CT molecular complexity index is 476. The molecule has 120 valence electrons. The van der Waals surface area contributed by atoms with Crippen LogP contribution in [0.25, 0.3) is 0 Å². The van der Waals surface area contributed by atoms with Crippen molar-refractivity contribution in [2.24, 2.45) is 5.73 Å². The molecular formula is C15H28N4O2. The molecule has 0 aliphatic carbocycles. The van der Waals surface area contributed by atoms with Crippen LogP contribution in [-0.2, 0) is 10.2 Å². The molecule has 6 heteroatoms. The number of carbonyl (C=O) groups is 1. The van der Waals surface area contributed by atoms with Gasteiger partial charge in [-0.2, -0.15) is 5.10 Å². The Morgan fingerprint density at radius 1 is 1.43 bits per heavy atom. The Labute approximate surface area is 127 Å². The van der Waals surface area contributed by atoms with Gasteiger partial charge in [-0.25, -0.2) is 4.79 Å². The van der Waals surface area contributed by atoms with Gasteiger partial charge in [-0.1, -0.05) is 6.92 Å². The lowest BCUT2D eigenvalue weighted by atomic mass is 9.86. The fourth-order valence-corrected chi connectivity index (χ4v) is 2.05. The topological polar surface area (TPSA) is 82.2 Å². The molecule has 1 heterocycles. The molecule has 1 aromatic heterocycles. The standard InChI is InChI=1S/C15H28N4O2/c1-11(2)19-12(7-8-18-19)15(6,9-16)10-17-13(20)21-14(3,4)5/h7-8,11H,9-10,16H2,1-6H3,(H,17,20). The van der Waals surface area contributed by atoms with Gasteiger partial charge in [0.1, 0.15) is 5.60 Å². The van der Waals surface area contributed by atoms with Crippen molar-refractivity contribution in [3.63, 3.8) is 0 Å². The number of aromatic nitrogens is 2. The summed E-state index contributed by atoms with van der Waals surface area (Å²) in [6, 6.07) is 2.19. The van der Waals surface area contributed by atoms with Gasteiger partial charge in [0, 0.05) is 36.4 Å². The van der Waals surface area contributed by atoms with Crippen molar-refractivity contribution in [1.82, 2.24) is 15.1 Å². The van der Waals surface area contributed by atoms with Gasteiger partial charge in [0.05, 0.1) is 0 Å². The number of ether oxygens (including phenoxy) is 1. The van der Waals surface area contributed by atoms with Gasteiger partial charge < -0.3 is 15.8 Å². The molecule has 0 spiro atoms. The maximum absolute atomic E-state index is 11.8. The van der Waals surface area contributed by atoms with Crippen LogP contribution in [0.1, 0.15) is 53.3 Å². The van der Waals surface area contributed by atoms with Crippen molar-refractivity contribution in [2.75, 3.05) is 13.1 Å². The molecule has 1 rings (SSSR count). The predicted molar refractivity (Wildman–Crippen MR) is 83.3 cm³/mol. The maximum atomic E-state index is 11.8. The summed E-state index contributed by atoms with van der Waals surface area (Å²) in [5.74, 6) is 0. The molecule has 0 aliphatic heterocycles. The van der Waals surface area contributed by atoms with Gasteiger partial charge in [-0.05, 0) is 40.7 Å². The minimum Gasteiger partial charge on any atom is -0.444 e. The van der Waals surface area contributed by atoms with Crippen molar-refractivity contribution in [3.8, 4) is 0 Å². The molecule has 0 aromatic carbocycles. The molecule has 6 nitrogen and oxygen atoms in total. The van der Waals surface area contributed by atoms with Crippen LogP contribution in [-0.4, -0.2) is 34.6 Å². The number of nitrogens with zero attached hydrogens (tertiary/aromatic N) is 2. The summed E-state index contributed by atoms with van der Waals surface area (Å²) in [6.07, 6.45) is 1.33. The molecule has 0 saturated carbocycles. The summed E-state index contributed by atoms with van der Waals surface area (Å²) in [5.41, 5.74) is 6.06. The number of hydrogen-bond acceptors (Lipinski definition) is 4. The number of alkyl carbamates (subject to hydrolysis) is 1. The van der Waals surface area contributed by atoms with Gasteiger partial charge in [-0.3, -0.25) is 4.68 Å². The third-order valence-electron chi connectivity index (χ3n) is 3.25. The monoisotopic (exact) mass is 296 g/mol. The van der Waals surface area contributed by atoms with Crippen LogP contribution in [0, 0.1) is 0 Å². The van der Waals surface area contributed by atoms with Gasteiger partial charge in [0.25, 0.3) is 0 Å². The normalized spacial score (nSPS) is 14.9. The first kappa shape index (κ1) is 17.5. The van der Waals surface area contributed by atoms with Crippen LogP contribution in [0.4, 0.5) is 4.79 Å². The predicted octanol–water partition coefficient (Wildman–Crippen LogP) is 2.21. The molecule has 0 radical (unpaired) electrons. The van der Waals surface area contributed by atoms with Gasteiger partial charge >= 0.3 is 6.09 Å². The van der Waals surface area contributed by atoms with E-state index < -0.39 is 17.1 Å². The van der Waals surface area contributed by atoms with E-state index in [4.69, 9.17) is 10.5 Å². The van der Waals surface area contributed by atoms with Crippen molar-refractivity contribution in [1.29, 1.82) is 0 Å². The van der Waals surface area contributed by atoms with E-state index in [1.165, 1.54) is 0 Å². The molecule has 1 amide bonds. The molecule has 0 aliphatic rings. The zero-order valence-corrected chi connectivity index (χ0v) is 13.9. The van der Waals surface area contributed by atoms with Crippen LogP contribution in [0.5, 0.6) is 0 Å². The van der Waals surface area contributed by atoms with Crippen LogP contribution in [0.2, 0.25) is 0 Å². The Morgan fingerprint density at radius 2 is 2.05 bits per heavy atom. The lowest BCUT2D eigenvalue weighted by Gasteiger charge is -2.30. The average molecular weight is 296 g/mol. The number of nitrogens with one attached hydrogen (secondary N) is 1. The minimum atomic E-state index is -0.511. The van der Waals surface area contributed by atoms with Gasteiger partial charge in [0.15, 0.2) is 0 Å². The summed E-state index contributed by atoms with van der Waals surface area (Å²) in [7, 11) is 0. The van der Waals surface area contributed by atoms with Crippen LogP contribution in [0.15, 0.2) is 12.3 Å². The van der Waals surface area contributed by atoms with Crippen molar-refractivity contribution >= 4 is 6.09 Å². The fourth-order valence-electron chi connectivity index (χ4n) is 2.05. The highest BCUT2D eigenvalue weighted by Gasteiger charge is 2.30. The van der Waals surface area contributed by atoms with E-state index >= 15 is 0 Å². The zero-order valence-electron chi connectivity index (χ0n) is 13.9. The molecule has 1 unspecified atom stereocenters. The van der Waals surface area contributed by atoms with E-state index in [0.29, 0.717) is 13.1 Å². The second-order valence-electron chi connectivity index (χ2n) is 6.87. The van der Waals surface area contributed by atoms with Gasteiger partial charge in [-0.15, -0.1) is 0 Å². The van der Waals surface area contributed by atoms with E-state index in [-0.39, 0.29) is 6.04 Å². The highest BCUT2D eigenvalue weighted by atomic mass is 16.6. The summed E-state index contributed by atoms with van der Waals surface area (Å²) in [6.45, 7) is 12.5. The number of nitrogens with two attached hydrogens (primary N) is 1. The number of carbonyl (C=O) groups excluding carboxylic acids is 1. The largest absolute Gasteiger partial charge is 0.444 e. The van der Waals surface area contributed by atoms with E-state index in [0.717, 1.165) is 5.69 Å². The first-order chi connectivity index (χ1) is 9.59. The van der Waals surface area contributed by atoms with Crippen molar-refractivity contribution in [3.05, 3.63) is 18.0 Å². The number of hydrogen-bond donors (Lipinski definition) is 2. The zero-order chi connectivity index (χ0) is 16.3. The lowest BCUT2D eigenvalue weighted by molar-refractivity contribution is 0.0515. The number of amides is 1. The third kappa shape index (κ3) is 4.74. The smallest absolute Gasteiger partial charge is 0.407 e. The summed E-state index contributed by atoms with van der Waals surface area (Å²) >= 11 is 0. The second kappa shape index (κ2) is 6.47. The molecular weight excluding hydrogens is 268 g/mol. The van der Waals surface area contributed by atoms with E-state index in [9.17, 15) is 4.79 Å². The summed E-state index contributed by atoms with van der Waals surface area (Å²) < 4.78 is 7.19. The first-order valence-electron chi connectivity index (χ1n) is 7.30. The Kier molecular flexibility index (Phi) is 5.39. The molecule has 1 aromatic rings. The average Bonchev–Trinajstić information content (AvgIpc) is 2.84. The van der Waals surface area contributed by atoms with Crippen molar-refractivity contribution < 1.29 is 9.53 Å². The van der Waals surface area contributed by atoms with Crippen molar-refractivity contribution in [2.45, 2.75) is 58.6 Å². The molecule has 0 fully saturated rings. The molecule has 0 bridgehead atoms. The molecule has 1 atom stereocenters. The van der Waals surface area contributed by atoms with Crippen LogP contribution < -0.4 is 11.1 Å². The van der Waals surface area contributed by atoms with Crippen LogP contribution >= 0.6 is 0 Å². The molecule has 0 saturated heterocycles. The third-order valence-corrected chi connectivity index (χ3v) is 3.25. The van der Waals surface area contributed by atoms with Crippen LogP contribution in [0.3, 0.4) is 0 Å². The van der Waals surface area contributed by atoms with Gasteiger partial charge in [0.2, 0.25) is 0 Å². The highest BCUT2D eigenvalue weighted by Crippen LogP contribution is 2.24. The van der Waals surface area contributed by atoms with E-state index in [1.807, 2.05) is 38.4 Å². The number of rotatable bonds is 5. The van der Waals surface area contributed by atoms with E-state index in [1.54, 1.807) is 6.20 Å². The Morgan fingerprint density at radius 3 is 2.52 bits per heavy atom. The Hall–Kier alpha value is -1.56. The molecule has 21 heavy (non-hydrogen) atoms. The fraction of sp³-hybridized carbons (Fsp3) is 0.733.